The van der Waals surface area contributed by atoms with Crippen molar-refractivity contribution in [3.05, 3.63) is 18.5 Å². The second-order valence-corrected chi connectivity index (χ2v) is 4.87. The lowest BCUT2D eigenvalue weighted by Gasteiger charge is -2.21. The highest BCUT2D eigenvalue weighted by Crippen LogP contribution is 2.03. The second kappa shape index (κ2) is 6.99. The fourth-order valence-corrected chi connectivity index (χ4v) is 2.51. The van der Waals surface area contributed by atoms with Gasteiger partial charge in [0.15, 0.2) is 0 Å². The number of aromatic nitrogens is 2. The summed E-state index contributed by atoms with van der Waals surface area (Å²) in [6.07, 6.45) is 5.11. The first-order chi connectivity index (χ1) is 8.38. The predicted molar refractivity (Wildman–Crippen MR) is 70.4 cm³/mol. The fourth-order valence-electron chi connectivity index (χ4n) is 2.27. The molecule has 0 saturated carbocycles. The first-order valence-electron chi connectivity index (χ1n) is 6.36. The predicted octanol–water partition coefficient (Wildman–Crippen LogP) is 1.13. The van der Waals surface area contributed by atoms with E-state index in [2.05, 4.69) is 14.9 Å². The van der Waals surface area contributed by atoms with Crippen molar-refractivity contribution in [1.82, 2.24) is 19.6 Å². The molecule has 0 atom stereocenters. The van der Waals surface area contributed by atoms with Crippen LogP contribution in [0.25, 0.3) is 0 Å². The molecule has 0 amide bonds. The third kappa shape index (κ3) is 4.30. The Hall–Kier alpha value is -0.580. The van der Waals surface area contributed by atoms with E-state index in [1.165, 1.54) is 19.5 Å². The summed E-state index contributed by atoms with van der Waals surface area (Å²) in [5.41, 5.74) is 0. The molecule has 96 valence electrons. The van der Waals surface area contributed by atoms with Gasteiger partial charge in [-0.15, -0.1) is 11.6 Å². The molecule has 0 N–H and O–H groups in total. The summed E-state index contributed by atoms with van der Waals surface area (Å²) >= 11 is 5.79. The molecule has 0 unspecified atom stereocenters. The Labute approximate surface area is 108 Å². The van der Waals surface area contributed by atoms with E-state index in [1.54, 1.807) is 0 Å². The molecule has 0 aromatic carbocycles. The van der Waals surface area contributed by atoms with E-state index >= 15 is 0 Å². The first kappa shape index (κ1) is 12.9. The standard InChI is InChI=1S/C12H21ClN4/c13-3-8-15-5-2-6-16(10-9-15)11-12-17-7-1-4-14-17/h1,4,7H,2-3,5-6,8-12H2. The smallest absolute Gasteiger partial charge is 0.0536 e. The van der Waals surface area contributed by atoms with Crippen LogP contribution >= 0.6 is 11.6 Å². The third-order valence-electron chi connectivity index (χ3n) is 3.29. The van der Waals surface area contributed by atoms with E-state index < -0.39 is 0 Å². The van der Waals surface area contributed by atoms with Gasteiger partial charge in [-0.05, 0) is 25.6 Å². The summed E-state index contributed by atoms with van der Waals surface area (Å²) in [6.45, 7) is 7.78. The Bertz CT molecular complexity index is 301. The maximum Gasteiger partial charge on any atom is 0.0536 e. The SMILES string of the molecule is ClCCN1CCCN(CCn2cccn2)CC1. The van der Waals surface area contributed by atoms with Gasteiger partial charge >= 0.3 is 0 Å². The van der Waals surface area contributed by atoms with Gasteiger partial charge in [0, 0.05) is 44.5 Å². The van der Waals surface area contributed by atoms with E-state index in [9.17, 15) is 0 Å². The molecule has 2 heterocycles. The molecule has 0 bridgehead atoms. The Kier molecular flexibility index (Phi) is 5.29. The number of halogens is 1. The topological polar surface area (TPSA) is 24.3 Å². The number of hydrogen-bond acceptors (Lipinski definition) is 3. The molecule has 17 heavy (non-hydrogen) atoms. The van der Waals surface area contributed by atoms with Crippen molar-refractivity contribution in [3.63, 3.8) is 0 Å². The van der Waals surface area contributed by atoms with Crippen molar-refractivity contribution in [3.8, 4) is 0 Å². The zero-order valence-corrected chi connectivity index (χ0v) is 11.0. The lowest BCUT2D eigenvalue weighted by molar-refractivity contribution is 0.253. The summed E-state index contributed by atoms with van der Waals surface area (Å²) in [7, 11) is 0. The molecule has 1 saturated heterocycles. The first-order valence-corrected chi connectivity index (χ1v) is 6.90. The van der Waals surface area contributed by atoms with Gasteiger partial charge in [0.1, 0.15) is 0 Å². The van der Waals surface area contributed by atoms with E-state index in [-0.39, 0.29) is 0 Å². The van der Waals surface area contributed by atoms with Crippen molar-refractivity contribution < 1.29 is 0 Å². The fraction of sp³-hybridized carbons (Fsp3) is 0.750. The van der Waals surface area contributed by atoms with Gasteiger partial charge in [0.25, 0.3) is 0 Å². The molecule has 1 aliphatic rings. The molecular formula is C12H21ClN4. The quantitative estimate of drug-likeness (QED) is 0.739. The normalized spacial score (nSPS) is 19.4. The molecule has 1 aliphatic heterocycles. The van der Waals surface area contributed by atoms with Crippen LogP contribution < -0.4 is 0 Å². The molecule has 5 heteroatoms. The van der Waals surface area contributed by atoms with Crippen LogP contribution in [0, 0.1) is 0 Å². The summed E-state index contributed by atoms with van der Waals surface area (Å²) in [5.74, 6) is 0.743. The summed E-state index contributed by atoms with van der Waals surface area (Å²) in [5, 5.41) is 4.23. The molecule has 1 aromatic rings. The Morgan fingerprint density at radius 2 is 1.76 bits per heavy atom. The molecule has 2 rings (SSSR count). The van der Waals surface area contributed by atoms with Crippen LogP contribution in [0.3, 0.4) is 0 Å². The summed E-state index contributed by atoms with van der Waals surface area (Å²) < 4.78 is 2.00. The zero-order valence-electron chi connectivity index (χ0n) is 10.3. The minimum absolute atomic E-state index is 0.743. The van der Waals surface area contributed by atoms with Crippen molar-refractivity contribution in [2.45, 2.75) is 13.0 Å². The van der Waals surface area contributed by atoms with Gasteiger partial charge < -0.3 is 9.80 Å². The maximum absolute atomic E-state index is 5.79. The lowest BCUT2D eigenvalue weighted by atomic mass is 10.4. The lowest BCUT2D eigenvalue weighted by Crippen LogP contribution is -2.33. The van der Waals surface area contributed by atoms with E-state index in [0.717, 1.165) is 38.6 Å². The maximum atomic E-state index is 5.79. The Balaban J connectivity index is 1.71. The van der Waals surface area contributed by atoms with Crippen LogP contribution in [0.1, 0.15) is 6.42 Å². The molecule has 0 aliphatic carbocycles. The summed E-state index contributed by atoms with van der Waals surface area (Å²) in [4.78, 5) is 4.98. The molecule has 0 radical (unpaired) electrons. The van der Waals surface area contributed by atoms with Crippen LogP contribution in [0.4, 0.5) is 0 Å². The molecular weight excluding hydrogens is 236 g/mol. The monoisotopic (exact) mass is 256 g/mol. The number of rotatable bonds is 5. The van der Waals surface area contributed by atoms with E-state index in [4.69, 9.17) is 11.6 Å². The zero-order chi connectivity index (χ0) is 11.9. The minimum atomic E-state index is 0.743. The Morgan fingerprint density at radius 3 is 2.41 bits per heavy atom. The minimum Gasteiger partial charge on any atom is -0.301 e. The van der Waals surface area contributed by atoms with E-state index in [1.807, 2.05) is 23.1 Å². The van der Waals surface area contributed by atoms with Crippen LogP contribution in [0.2, 0.25) is 0 Å². The average molecular weight is 257 g/mol. The van der Waals surface area contributed by atoms with Crippen molar-refractivity contribution in [2.24, 2.45) is 0 Å². The highest BCUT2D eigenvalue weighted by molar-refractivity contribution is 6.18. The molecule has 1 aromatic heterocycles. The van der Waals surface area contributed by atoms with Gasteiger partial charge in [0.2, 0.25) is 0 Å². The van der Waals surface area contributed by atoms with Crippen LogP contribution in [0.5, 0.6) is 0 Å². The Morgan fingerprint density at radius 1 is 1.00 bits per heavy atom. The number of nitrogens with zero attached hydrogens (tertiary/aromatic N) is 4. The summed E-state index contributed by atoms with van der Waals surface area (Å²) in [6, 6.07) is 1.98. The largest absolute Gasteiger partial charge is 0.301 e. The van der Waals surface area contributed by atoms with Crippen LogP contribution in [-0.4, -0.2) is 64.7 Å². The van der Waals surface area contributed by atoms with E-state index in [0.29, 0.717) is 0 Å². The molecule has 0 spiro atoms. The van der Waals surface area contributed by atoms with Gasteiger partial charge in [0.05, 0.1) is 6.54 Å². The molecule has 4 nitrogen and oxygen atoms in total. The second-order valence-electron chi connectivity index (χ2n) is 4.49. The van der Waals surface area contributed by atoms with Crippen molar-refractivity contribution >= 4 is 11.6 Å². The van der Waals surface area contributed by atoms with Crippen LogP contribution in [0.15, 0.2) is 18.5 Å². The van der Waals surface area contributed by atoms with Crippen molar-refractivity contribution in [1.29, 1.82) is 0 Å². The average Bonchev–Trinajstić information content (AvgIpc) is 2.75. The molecule has 1 fully saturated rings. The van der Waals surface area contributed by atoms with Gasteiger partial charge in [-0.25, -0.2) is 0 Å². The van der Waals surface area contributed by atoms with Gasteiger partial charge in [-0.2, -0.15) is 5.10 Å². The highest BCUT2D eigenvalue weighted by atomic mass is 35.5. The number of alkyl halides is 1. The van der Waals surface area contributed by atoms with Gasteiger partial charge in [-0.1, -0.05) is 0 Å². The highest BCUT2D eigenvalue weighted by Gasteiger charge is 2.13. The van der Waals surface area contributed by atoms with Gasteiger partial charge in [-0.3, -0.25) is 4.68 Å². The van der Waals surface area contributed by atoms with Crippen molar-refractivity contribution in [2.75, 3.05) is 45.1 Å². The number of hydrogen-bond donors (Lipinski definition) is 0. The third-order valence-corrected chi connectivity index (χ3v) is 3.46. The van der Waals surface area contributed by atoms with Crippen LogP contribution in [-0.2, 0) is 6.54 Å².